The van der Waals surface area contributed by atoms with E-state index in [0.29, 0.717) is 0 Å². The number of amides is 3. The van der Waals surface area contributed by atoms with Crippen molar-refractivity contribution in [2.45, 2.75) is 30.5 Å². The number of aliphatic hydroxyl groups excluding tert-OH is 4. The van der Waals surface area contributed by atoms with E-state index in [1.54, 1.807) is 0 Å². The van der Waals surface area contributed by atoms with Gasteiger partial charge in [-0.25, -0.2) is 4.79 Å². The molecule has 2 heterocycles. The van der Waals surface area contributed by atoms with E-state index in [1.165, 1.54) is 11.2 Å². The molecule has 5 atom stereocenters. The molecule has 20 heavy (non-hydrogen) atoms. The molecule has 1 saturated heterocycles. The van der Waals surface area contributed by atoms with Crippen molar-refractivity contribution in [1.82, 2.24) is 15.5 Å². The Hall–Kier alpha value is -1.75. The summed E-state index contributed by atoms with van der Waals surface area (Å²) in [6.07, 6.45) is -3.89. The van der Waals surface area contributed by atoms with Crippen LogP contribution in [-0.4, -0.2) is 87.3 Å². The number of hydrogen-bond acceptors (Lipinski definition) is 8. The zero-order valence-electron chi connectivity index (χ0n) is 10.4. The minimum absolute atomic E-state index is 0.170. The molecule has 10 nitrogen and oxygen atoms in total. The van der Waals surface area contributed by atoms with Crippen LogP contribution in [0.25, 0.3) is 0 Å². The predicted molar refractivity (Wildman–Crippen MR) is 64.6 cm³/mol. The predicted octanol–water partition coefficient (Wildman–Crippen LogP) is -4.06. The molecule has 3 amide bonds. The van der Waals surface area contributed by atoms with Gasteiger partial charge in [0.05, 0.1) is 12.9 Å². The summed E-state index contributed by atoms with van der Waals surface area (Å²) in [6, 6.07) is -1.49. The first-order chi connectivity index (χ1) is 9.43. The number of nitrogens with one attached hydrogen (secondary N) is 2. The zero-order valence-corrected chi connectivity index (χ0v) is 10.4. The minimum Gasteiger partial charge on any atom is -0.394 e. The number of carbonyl (C=O) groups is 2. The van der Waals surface area contributed by atoms with Crippen LogP contribution in [0.15, 0.2) is 4.99 Å². The van der Waals surface area contributed by atoms with Crippen molar-refractivity contribution in [2.75, 3.05) is 13.2 Å². The summed E-state index contributed by atoms with van der Waals surface area (Å²) in [5.74, 6) is -0.553. The number of β-amino-alcohol motifs (C(OH)–C–C–N with tert-alkyl or cyclic N) is 1. The van der Waals surface area contributed by atoms with Gasteiger partial charge in [0.2, 0.25) is 0 Å². The normalized spacial score (nSPS) is 29.5. The standard InChI is InChI=1S/C10H16N4O6/c15-2-5(17)7(18)4(16)1-14-3-11-6-8(14)12-10(20)13-9(6)19/h3-8,15-18H,1-2H2,(H2,12,13,19,20)/t4?,5?,6?,7-,8?/m0/s1. The molecule has 4 unspecified atom stereocenters. The lowest BCUT2D eigenvalue weighted by molar-refractivity contribution is -0.123. The molecule has 2 aliphatic heterocycles. The van der Waals surface area contributed by atoms with Crippen LogP contribution in [0, 0.1) is 0 Å². The summed E-state index contributed by atoms with van der Waals surface area (Å²) in [7, 11) is 0. The van der Waals surface area contributed by atoms with Gasteiger partial charge in [0, 0.05) is 6.54 Å². The second-order valence-corrected chi connectivity index (χ2v) is 4.62. The first-order valence-electron chi connectivity index (χ1n) is 5.99. The molecule has 0 aromatic carbocycles. The molecule has 0 spiro atoms. The van der Waals surface area contributed by atoms with Gasteiger partial charge in [-0.15, -0.1) is 0 Å². The van der Waals surface area contributed by atoms with Gasteiger partial charge in [-0.2, -0.15) is 0 Å². The molecule has 0 radical (unpaired) electrons. The van der Waals surface area contributed by atoms with Crippen LogP contribution < -0.4 is 10.6 Å². The fourth-order valence-electron chi connectivity index (χ4n) is 2.07. The van der Waals surface area contributed by atoms with Gasteiger partial charge in [0.15, 0.2) is 6.04 Å². The van der Waals surface area contributed by atoms with Crippen LogP contribution in [-0.2, 0) is 4.79 Å². The fourth-order valence-corrected chi connectivity index (χ4v) is 2.07. The van der Waals surface area contributed by atoms with Crippen LogP contribution in [0.2, 0.25) is 0 Å². The maximum absolute atomic E-state index is 11.5. The summed E-state index contributed by atoms with van der Waals surface area (Å²) in [4.78, 5) is 28.0. The Morgan fingerprint density at radius 3 is 2.65 bits per heavy atom. The van der Waals surface area contributed by atoms with Crippen LogP contribution >= 0.6 is 0 Å². The SMILES string of the molecule is O=C1NC(=O)C2N=CN(CC(O)[C@H](O)C(O)CO)C2N1. The third-order valence-electron chi connectivity index (χ3n) is 3.19. The number of imide groups is 1. The number of aliphatic imine (C=N–C) groups is 1. The molecule has 0 aromatic heterocycles. The molecule has 2 aliphatic rings. The molecule has 10 heteroatoms. The molecular weight excluding hydrogens is 272 g/mol. The fraction of sp³-hybridized carbons (Fsp3) is 0.700. The first-order valence-corrected chi connectivity index (χ1v) is 5.99. The molecular formula is C10H16N4O6. The Morgan fingerprint density at radius 1 is 1.30 bits per heavy atom. The quantitative estimate of drug-likeness (QED) is 0.301. The molecule has 2 rings (SSSR count). The summed E-state index contributed by atoms with van der Waals surface area (Å²) in [6.45, 7) is -0.867. The number of urea groups is 1. The van der Waals surface area contributed by atoms with Crippen molar-refractivity contribution in [1.29, 1.82) is 0 Å². The van der Waals surface area contributed by atoms with Gasteiger partial charge in [-0.05, 0) is 0 Å². The minimum atomic E-state index is -1.56. The van der Waals surface area contributed by atoms with Crippen molar-refractivity contribution < 1.29 is 30.0 Å². The number of carbonyl (C=O) groups excluding carboxylic acids is 2. The van der Waals surface area contributed by atoms with E-state index in [2.05, 4.69) is 15.6 Å². The lowest BCUT2D eigenvalue weighted by Crippen LogP contribution is -2.64. The Morgan fingerprint density at radius 2 is 2.00 bits per heavy atom. The van der Waals surface area contributed by atoms with Crippen molar-refractivity contribution in [3.05, 3.63) is 0 Å². The molecule has 1 fully saturated rings. The van der Waals surface area contributed by atoms with E-state index in [0.717, 1.165) is 0 Å². The van der Waals surface area contributed by atoms with E-state index in [4.69, 9.17) is 5.11 Å². The van der Waals surface area contributed by atoms with Crippen LogP contribution in [0.3, 0.4) is 0 Å². The van der Waals surface area contributed by atoms with E-state index in [-0.39, 0.29) is 6.54 Å². The highest BCUT2D eigenvalue weighted by Crippen LogP contribution is 2.16. The van der Waals surface area contributed by atoms with E-state index < -0.39 is 49.1 Å². The number of hydrogen-bond donors (Lipinski definition) is 6. The van der Waals surface area contributed by atoms with Crippen molar-refractivity contribution >= 4 is 18.3 Å². The average molecular weight is 288 g/mol. The van der Waals surface area contributed by atoms with Crippen molar-refractivity contribution in [3.63, 3.8) is 0 Å². The summed E-state index contributed by atoms with van der Waals surface area (Å²) < 4.78 is 0. The van der Waals surface area contributed by atoms with E-state index in [1.807, 2.05) is 0 Å². The van der Waals surface area contributed by atoms with Gasteiger partial charge in [0.1, 0.15) is 24.5 Å². The van der Waals surface area contributed by atoms with Gasteiger partial charge in [0.25, 0.3) is 5.91 Å². The van der Waals surface area contributed by atoms with Crippen LogP contribution in [0.4, 0.5) is 4.79 Å². The monoisotopic (exact) mass is 288 g/mol. The lowest BCUT2D eigenvalue weighted by Gasteiger charge is -2.33. The van der Waals surface area contributed by atoms with Gasteiger partial charge < -0.3 is 30.6 Å². The number of aliphatic hydroxyl groups is 4. The number of fused-ring (bicyclic) bond motifs is 1. The topological polar surface area (TPSA) is 155 Å². The lowest BCUT2D eigenvalue weighted by atomic mass is 10.1. The van der Waals surface area contributed by atoms with Gasteiger partial charge in [-0.1, -0.05) is 0 Å². The first kappa shape index (κ1) is 14.7. The zero-order chi connectivity index (χ0) is 14.9. The number of nitrogens with zero attached hydrogens (tertiary/aromatic N) is 2. The summed E-state index contributed by atoms with van der Waals surface area (Å²) in [5, 5.41) is 41.8. The Kier molecular flexibility index (Phi) is 4.18. The molecule has 6 N–H and O–H groups in total. The molecule has 0 aromatic rings. The Bertz CT molecular complexity index is 430. The maximum Gasteiger partial charge on any atom is 0.323 e. The smallest absolute Gasteiger partial charge is 0.323 e. The van der Waals surface area contributed by atoms with Crippen molar-refractivity contribution in [3.8, 4) is 0 Å². The van der Waals surface area contributed by atoms with Crippen molar-refractivity contribution in [2.24, 2.45) is 4.99 Å². The Labute approximate surface area is 113 Å². The highest BCUT2D eigenvalue weighted by molar-refractivity contribution is 6.01. The molecule has 0 aliphatic carbocycles. The van der Waals surface area contributed by atoms with E-state index in [9.17, 15) is 24.9 Å². The average Bonchev–Trinajstić information content (AvgIpc) is 2.80. The summed E-state index contributed by atoms with van der Waals surface area (Å²) >= 11 is 0. The third-order valence-corrected chi connectivity index (χ3v) is 3.19. The van der Waals surface area contributed by atoms with E-state index >= 15 is 0 Å². The Balaban J connectivity index is 1.98. The van der Waals surface area contributed by atoms with Gasteiger partial charge in [-0.3, -0.25) is 15.1 Å². The van der Waals surface area contributed by atoms with Crippen LogP contribution in [0.5, 0.6) is 0 Å². The molecule has 0 saturated carbocycles. The van der Waals surface area contributed by atoms with Crippen LogP contribution in [0.1, 0.15) is 0 Å². The molecule has 112 valence electrons. The second-order valence-electron chi connectivity index (χ2n) is 4.62. The largest absolute Gasteiger partial charge is 0.394 e. The molecule has 0 bridgehead atoms. The highest BCUT2D eigenvalue weighted by atomic mass is 16.4. The number of rotatable bonds is 5. The maximum atomic E-state index is 11.5. The third kappa shape index (κ3) is 2.72. The second kappa shape index (κ2) is 5.71. The highest BCUT2D eigenvalue weighted by Gasteiger charge is 2.42. The van der Waals surface area contributed by atoms with Gasteiger partial charge >= 0.3 is 6.03 Å². The summed E-state index contributed by atoms with van der Waals surface area (Å²) in [5.41, 5.74) is 0.